The first-order chi connectivity index (χ1) is 10.5. The van der Waals surface area contributed by atoms with Gasteiger partial charge in [-0.15, -0.1) is 0 Å². The Bertz CT molecular complexity index is 730. The molecule has 116 valence electrons. The monoisotopic (exact) mass is 320 g/mol. The predicted octanol–water partition coefficient (Wildman–Crippen LogP) is 2.19. The van der Waals surface area contributed by atoms with Crippen molar-refractivity contribution in [2.45, 2.75) is 0 Å². The Morgan fingerprint density at radius 1 is 1.18 bits per heavy atom. The molecule has 0 bridgehead atoms. The minimum atomic E-state index is -3.44. The molecule has 0 atom stereocenters. The Morgan fingerprint density at radius 3 is 2.68 bits per heavy atom. The van der Waals surface area contributed by atoms with Crippen molar-refractivity contribution < 1.29 is 17.3 Å². The van der Waals surface area contributed by atoms with Crippen LogP contribution in [0.5, 0.6) is 5.75 Å². The van der Waals surface area contributed by atoms with Crippen molar-refractivity contribution in [3.8, 4) is 5.75 Å². The highest BCUT2D eigenvalue weighted by molar-refractivity contribution is 7.85. The molecule has 0 spiro atoms. The van der Waals surface area contributed by atoms with Crippen molar-refractivity contribution >= 4 is 22.0 Å². The molecule has 0 saturated carbocycles. The standard InChI is InChI=1S/C15H16N2O4S/c1-22(18,19)21-10-9-20-15-7-8-16-14(11-15)12-17-13-5-3-2-4-6-13/h2-8,11-12H,9-10H2,1H3. The molecular weight excluding hydrogens is 304 g/mol. The Morgan fingerprint density at radius 2 is 1.95 bits per heavy atom. The SMILES string of the molecule is CS(=O)(=O)OCCOc1ccnc(C=Nc2ccccc2)c1. The van der Waals surface area contributed by atoms with Crippen LogP contribution in [0.3, 0.4) is 0 Å². The summed E-state index contributed by atoms with van der Waals surface area (Å²) in [4.78, 5) is 8.46. The highest BCUT2D eigenvalue weighted by atomic mass is 32.2. The summed E-state index contributed by atoms with van der Waals surface area (Å²) in [5.41, 5.74) is 1.47. The van der Waals surface area contributed by atoms with Crippen LogP contribution in [0, 0.1) is 0 Å². The summed E-state index contributed by atoms with van der Waals surface area (Å²) in [7, 11) is -3.44. The maximum absolute atomic E-state index is 10.8. The Labute approximate surface area is 129 Å². The van der Waals surface area contributed by atoms with Crippen LogP contribution in [-0.4, -0.2) is 39.1 Å². The fraction of sp³-hybridized carbons (Fsp3) is 0.200. The van der Waals surface area contributed by atoms with Gasteiger partial charge in [0.15, 0.2) is 0 Å². The molecule has 0 N–H and O–H groups in total. The third-order valence-corrected chi connectivity index (χ3v) is 3.10. The second-order valence-corrected chi connectivity index (χ2v) is 6.03. The van der Waals surface area contributed by atoms with Crippen molar-refractivity contribution in [3.63, 3.8) is 0 Å². The van der Waals surface area contributed by atoms with Crippen LogP contribution in [0.4, 0.5) is 5.69 Å². The summed E-state index contributed by atoms with van der Waals surface area (Å²) >= 11 is 0. The van der Waals surface area contributed by atoms with Gasteiger partial charge in [-0.05, 0) is 18.2 Å². The van der Waals surface area contributed by atoms with Crippen molar-refractivity contribution in [1.82, 2.24) is 4.98 Å². The first-order valence-electron chi connectivity index (χ1n) is 6.55. The molecule has 0 saturated heterocycles. The third kappa shape index (κ3) is 6.02. The van der Waals surface area contributed by atoms with Gasteiger partial charge in [0, 0.05) is 12.3 Å². The zero-order chi connectivity index (χ0) is 15.8. The number of rotatable bonds is 7. The number of benzene rings is 1. The first-order valence-corrected chi connectivity index (χ1v) is 8.37. The van der Waals surface area contributed by atoms with E-state index in [-0.39, 0.29) is 13.2 Å². The normalized spacial score (nSPS) is 11.7. The Balaban J connectivity index is 1.91. The molecule has 6 nitrogen and oxygen atoms in total. The van der Waals surface area contributed by atoms with Crippen LogP contribution >= 0.6 is 0 Å². The molecule has 2 rings (SSSR count). The van der Waals surface area contributed by atoms with Gasteiger partial charge in [0.1, 0.15) is 19.0 Å². The lowest BCUT2D eigenvalue weighted by atomic mass is 10.3. The van der Waals surface area contributed by atoms with Gasteiger partial charge in [-0.1, -0.05) is 18.2 Å². The van der Waals surface area contributed by atoms with Crippen molar-refractivity contribution in [2.24, 2.45) is 4.99 Å². The average molecular weight is 320 g/mol. The van der Waals surface area contributed by atoms with Crippen LogP contribution in [0.25, 0.3) is 0 Å². The summed E-state index contributed by atoms with van der Waals surface area (Å²) in [5.74, 6) is 0.571. The zero-order valence-electron chi connectivity index (χ0n) is 12.0. The fourth-order valence-corrected chi connectivity index (χ4v) is 1.96. The van der Waals surface area contributed by atoms with Crippen LogP contribution in [0.1, 0.15) is 5.69 Å². The van der Waals surface area contributed by atoms with Crippen molar-refractivity contribution in [3.05, 3.63) is 54.4 Å². The van der Waals surface area contributed by atoms with E-state index in [1.807, 2.05) is 30.3 Å². The number of pyridine rings is 1. The lowest BCUT2D eigenvalue weighted by molar-refractivity contribution is 0.222. The minimum absolute atomic E-state index is 0.0331. The van der Waals surface area contributed by atoms with E-state index in [0.717, 1.165) is 11.9 Å². The van der Waals surface area contributed by atoms with E-state index in [9.17, 15) is 8.42 Å². The third-order valence-electron chi connectivity index (χ3n) is 2.50. The van der Waals surface area contributed by atoms with Gasteiger partial charge in [0.2, 0.25) is 0 Å². The molecule has 0 fully saturated rings. The van der Waals surface area contributed by atoms with Gasteiger partial charge in [0.25, 0.3) is 10.1 Å². The van der Waals surface area contributed by atoms with E-state index < -0.39 is 10.1 Å². The minimum Gasteiger partial charge on any atom is -0.491 e. The molecule has 1 aromatic carbocycles. The van der Waals surface area contributed by atoms with Crippen LogP contribution in [-0.2, 0) is 14.3 Å². The van der Waals surface area contributed by atoms with E-state index in [2.05, 4.69) is 14.2 Å². The van der Waals surface area contributed by atoms with E-state index in [1.165, 1.54) is 0 Å². The molecule has 22 heavy (non-hydrogen) atoms. The maximum Gasteiger partial charge on any atom is 0.264 e. The van der Waals surface area contributed by atoms with Gasteiger partial charge in [-0.3, -0.25) is 14.2 Å². The molecule has 0 aliphatic carbocycles. The molecule has 7 heteroatoms. The van der Waals surface area contributed by atoms with Gasteiger partial charge >= 0.3 is 0 Å². The molecule has 0 radical (unpaired) electrons. The number of nitrogens with zero attached hydrogens (tertiary/aromatic N) is 2. The van der Waals surface area contributed by atoms with Crippen molar-refractivity contribution in [2.75, 3.05) is 19.5 Å². The number of aliphatic imine (C=N–C) groups is 1. The quantitative estimate of drug-likeness (QED) is 0.444. The second-order valence-electron chi connectivity index (χ2n) is 4.38. The molecule has 0 aliphatic rings. The van der Waals surface area contributed by atoms with Crippen molar-refractivity contribution in [1.29, 1.82) is 0 Å². The van der Waals surface area contributed by atoms with Crippen LogP contribution in [0.15, 0.2) is 53.7 Å². The Hall–Kier alpha value is -2.25. The molecular formula is C15H16N2O4S. The summed E-state index contributed by atoms with van der Waals surface area (Å²) in [5, 5.41) is 0. The second kappa shape index (κ2) is 7.67. The smallest absolute Gasteiger partial charge is 0.264 e. The van der Waals surface area contributed by atoms with E-state index in [0.29, 0.717) is 11.4 Å². The Kier molecular flexibility index (Phi) is 5.62. The van der Waals surface area contributed by atoms with E-state index in [1.54, 1.807) is 24.5 Å². The summed E-state index contributed by atoms with van der Waals surface area (Å²) in [6, 6.07) is 12.9. The van der Waals surface area contributed by atoms with Gasteiger partial charge < -0.3 is 4.74 Å². The fourth-order valence-electron chi connectivity index (χ4n) is 1.59. The summed E-state index contributed by atoms with van der Waals surface area (Å²) < 4.78 is 31.6. The molecule has 1 aromatic heterocycles. The van der Waals surface area contributed by atoms with Crippen LogP contribution in [0.2, 0.25) is 0 Å². The largest absolute Gasteiger partial charge is 0.491 e. The highest BCUT2D eigenvalue weighted by Crippen LogP contribution is 2.12. The van der Waals surface area contributed by atoms with Crippen LogP contribution < -0.4 is 4.74 Å². The molecule has 1 heterocycles. The molecule has 0 aliphatic heterocycles. The topological polar surface area (TPSA) is 77.9 Å². The number of aromatic nitrogens is 1. The highest BCUT2D eigenvalue weighted by Gasteiger charge is 2.02. The number of hydrogen-bond acceptors (Lipinski definition) is 6. The molecule has 2 aromatic rings. The number of para-hydroxylation sites is 1. The van der Waals surface area contributed by atoms with Gasteiger partial charge in [0.05, 0.1) is 23.9 Å². The zero-order valence-corrected chi connectivity index (χ0v) is 12.9. The van der Waals surface area contributed by atoms with E-state index in [4.69, 9.17) is 4.74 Å². The first kappa shape index (κ1) is 16.1. The maximum atomic E-state index is 10.8. The predicted molar refractivity (Wildman–Crippen MR) is 84.2 cm³/mol. The number of hydrogen-bond donors (Lipinski definition) is 0. The lowest BCUT2D eigenvalue weighted by Gasteiger charge is -2.06. The average Bonchev–Trinajstić information content (AvgIpc) is 2.50. The lowest BCUT2D eigenvalue weighted by Crippen LogP contribution is -2.11. The number of ether oxygens (including phenoxy) is 1. The van der Waals surface area contributed by atoms with Gasteiger partial charge in [-0.25, -0.2) is 0 Å². The summed E-state index contributed by atoms with van der Waals surface area (Å²) in [6.07, 6.45) is 4.23. The van der Waals surface area contributed by atoms with E-state index >= 15 is 0 Å². The molecule has 0 unspecified atom stereocenters. The molecule has 0 amide bonds. The van der Waals surface area contributed by atoms with Gasteiger partial charge in [-0.2, -0.15) is 8.42 Å². The summed E-state index contributed by atoms with van der Waals surface area (Å²) in [6.45, 7) is 0.0982.